The quantitative estimate of drug-likeness (QED) is 0.342. The predicted molar refractivity (Wildman–Crippen MR) is 125 cm³/mol. The van der Waals surface area contributed by atoms with Crippen LogP contribution in [0.5, 0.6) is 0 Å². The van der Waals surface area contributed by atoms with Gasteiger partial charge in [-0.15, -0.1) is 0 Å². The van der Waals surface area contributed by atoms with Crippen molar-refractivity contribution in [3.8, 4) is 11.1 Å². The average molecular weight is 458 g/mol. The van der Waals surface area contributed by atoms with E-state index in [0.717, 1.165) is 28.5 Å². The highest BCUT2D eigenvalue weighted by Gasteiger charge is 2.15. The molecular weight excluding hydrogens is 429 g/mol. The summed E-state index contributed by atoms with van der Waals surface area (Å²) in [6.45, 7) is 6.45. The van der Waals surface area contributed by atoms with Gasteiger partial charge in [-0.25, -0.2) is 22.5 Å². The lowest BCUT2D eigenvalue weighted by Crippen LogP contribution is -2.26. The van der Waals surface area contributed by atoms with Crippen molar-refractivity contribution >= 4 is 32.0 Å². The van der Waals surface area contributed by atoms with Crippen LogP contribution < -0.4 is 4.72 Å². The van der Waals surface area contributed by atoms with E-state index in [1.807, 2.05) is 24.4 Å². The lowest BCUT2D eigenvalue weighted by molar-refractivity contribution is 0.388. The first kappa shape index (κ1) is 22.5. The molecule has 4 rings (SSSR count). The molecule has 0 saturated carbocycles. The van der Waals surface area contributed by atoms with Crippen molar-refractivity contribution in [2.45, 2.75) is 40.2 Å². The van der Waals surface area contributed by atoms with Crippen LogP contribution in [-0.4, -0.2) is 24.1 Å². The summed E-state index contributed by atoms with van der Waals surface area (Å²) >= 11 is 0. The van der Waals surface area contributed by atoms with Gasteiger partial charge in [0.2, 0.25) is 15.9 Å². The molecule has 2 heterocycles. The van der Waals surface area contributed by atoms with Gasteiger partial charge in [0.05, 0.1) is 12.3 Å². The van der Waals surface area contributed by atoms with Crippen LogP contribution in [0.1, 0.15) is 39.5 Å². The minimum Gasteiger partial charge on any atom is -0.439 e. The number of halogens is 1. The molecule has 0 saturated heterocycles. The first-order valence-electron chi connectivity index (χ1n) is 10.9. The Labute approximate surface area is 187 Å². The molecule has 0 aliphatic heterocycles. The van der Waals surface area contributed by atoms with Gasteiger partial charge in [-0.3, -0.25) is 0 Å². The number of aromatic nitrogens is 2. The van der Waals surface area contributed by atoms with Crippen molar-refractivity contribution in [3.05, 3.63) is 54.3 Å². The van der Waals surface area contributed by atoms with Crippen LogP contribution in [-0.2, 0) is 16.6 Å². The molecule has 6 nitrogen and oxygen atoms in total. The van der Waals surface area contributed by atoms with E-state index in [9.17, 15) is 12.8 Å². The summed E-state index contributed by atoms with van der Waals surface area (Å²) < 4.78 is 46.5. The van der Waals surface area contributed by atoms with Crippen LogP contribution in [0.4, 0.5) is 4.39 Å². The molecule has 32 heavy (non-hydrogen) atoms. The molecule has 2 aromatic heterocycles. The Balaban J connectivity index is 1.45. The van der Waals surface area contributed by atoms with Gasteiger partial charge in [0.15, 0.2) is 5.58 Å². The zero-order chi connectivity index (χ0) is 22.9. The van der Waals surface area contributed by atoms with E-state index in [-0.39, 0.29) is 18.1 Å². The number of fused-ring (bicyclic) bond motifs is 2. The van der Waals surface area contributed by atoms with E-state index in [1.54, 1.807) is 6.07 Å². The fourth-order valence-electron chi connectivity index (χ4n) is 3.73. The van der Waals surface area contributed by atoms with E-state index in [0.29, 0.717) is 35.2 Å². The van der Waals surface area contributed by atoms with Crippen molar-refractivity contribution in [2.24, 2.45) is 11.8 Å². The molecule has 8 heteroatoms. The highest BCUT2D eigenvalue weighted by molar-refractivity contribution is 7.89. The summed E-state index contributed by atoms with van der Waals surface area (Å²) in [5.74, 6) is 1.15. The molecule has 0 amide bonds. The van der Waals surface area contributed by atoms with E-state index >= 15 is 0 Å². The normalized spacial score (nSPS) is 13.4. The van der Waals surface area contributed by atoms with E-state index in [4.69, 9.17) is 4.42 Å². The van der Waals surface area contributed by atoms with Crippen molar-refractivity contribution in [1.29, 1.82) is 0 Å². The lowest BCUT2D eigenvalue weighted by atomic mass is 9.94. The molecular formula is C24H28FN3O3S. The molecule has 1 unspecified atom stereocenters. The standard InChI is InChI=1S/C24H28FN3O3S/c1-15(2)16(3)5-4-10-32(29,30)27-14-24-28-21-9-6-17(11-23(21)31-24)20-13-26-22-12-18(25)7-8-19(20)22/h6-9,11-13,15-16,26-27H,4-5,10,14H2,1-3H3. The van der Waals surface area contributed by atoms with Crippen molar-refractivity contribution in [2.75, 3.05) is 5.75 Å². The zero-order valence-electron chi connectivity index (χ0n) is 18.5. The SMILES string of the molecule is CC(C)C(C)CCCS(=O)(=O)NCc1nc2ccc(-c3c[nH]c4cc(F)ccc34)cc2o1. The molecule has 170 valence electrons. The van der Waals surface area contributed by atoms with Gasteiger partial charge < -0.3 is 9.40 Å². The Morgan fingerprint density at radius 3 is 2.75 bits per heavy atom. The number of hydrogen-bond donors (Lipinski definition) is 2. The average Bonchev–Trinajstić information content (AvgIpc) is 3.34. The Bertz CT molecular complexity index is 1340. The van der Waals surface area contributed by atoms with E-state index < -0.39 is 10.0 Å². The van der Waals surface area contributed by atoms with Crippen LogP contribution in [0, 0.1) is 17.7 Å². The van der Waals surface area contributed by atoms with Gasteiger partial charge >= 0.3 is 0 Å². The van der Waals surface area contributed by atoms with Crippen molar-refractivity contribution in [1.82, 2.24) is 14.7 Å². The maximum Gasteiger partial charge on any atom is 0.212 e. The number of H-pyrrole nitrogens is 1. The number of benzene rings is 2. The van der Waals surface area contributed by atoms with Crippen molar-refractivity contribution in [3.63, 3.8) is 0 Å². The largest absolute Gasteiger partial charge is 0.439 e. The molecule has 0 radical (unpaired) electrons. The van der Waals surface area contributed by atoms with Gasteiger partial charge in [-0.05, 0) is 60.6 Å². The fourth-order valence-corrected chi connectivity index (χ4v) is 4.76. The topological polar surface area (TPSA) is 88.0 Å². The zero-order valence-corrected chi connectivity index (χ0v) is 19.3. The lowest BCUT2D eigenvalue weighted by Gasteiger charge is -2.14. The van der Waals surface area contributed by atoms with Crippen LogP contribution in [0.15, 0.2) is 47.0 Å². The summed E-state index contributed by atoms with van der Waals surface area (Å²) in [4.78, 5) is 7.48. The second-order valence-electron chi connectivity index (χ2n) is 8.69. The first-order valence-corrected chi connectivity index (χ1v) is 12.5. The Morgan fingerprint density at radius 2 is 1.97 bits per heavy atom. The van der Waals surface area contributed by atoms with E-state index in [2.05, 4.69) is 35.5 Å². The minimum atomic E-state index is -3.39. The number of nitrogens with zero attached hydrogens (tertiary/aromatic N) is 1. The number of aromatic amines is 1. The number of rotatable bonds is 9. The molecule has 0 fully saturated rings. The van der Waals surface area contributed by atoms with Crippen LogP contribution in [0.2, 0.25) is 0 Å². The van der Waals surface area contributed by atoms with Gasteiger partial charge in [0, 0.05) is 22.7 Å². The van der Waals surface area contributed by atoms with E-state index in [1.165, 1.54) is 12.1 Å². The monoisotopic (exact) mass is 457 g/mol. The Morgan fingerprint density at radius 1 is 1.16 bits per heavy atom. The molecule has 0 aliphatic carbocycles. The summed E-state index contributed by atoms with van der Waals surface area (Å²) in [5.41, 5.74) is 3.77. The smallest absolute Gasteiger partial charge is 0.212 e. The van der Waals surface area contributed by atoms with Gasteiger partial charge in [0.25, 0.3) is 0 Å². The number of oxazole rings is 1. The third-order valence-corrected chi connectivity index (χ3v) is 7.45. The van der Waals surface area contributed by atoms with Gasteiger partial charge in [-0.1, -0.05) is 26.8 Å². The number of sulfonamides is 1. The summed E-state index contributed by atoms with van der Waals surface area (Å²) in [6.07, 6.45) is 3.33. The van der Waals surface area contributed by atoms with Gasteiger partial charge in [0.1, 0.15) is 11.3 Å². The van der Waals surface area contributed by atoms with Crippen molar-refractivity contribution < 1.29 is 17.2 Å². The number of hydrogen-bond acceptors (Lipinski definition) is 4. The Hall–Kier alpha value is -2.71. The molecule has 1 atom stereocenters. The Kier molecular flexibility index (Phi) is 6.35. The van der Waals surface area contributed by atoms with Crippen LogP contribution >= 0.6 is 0 Å². The molecule has 2 aromatic carbocycles. The third-order valence-electron chi connectivity index (χ3n) is 6.04. The van der Waals surface area contributed by atoms with Gasteiger partial charge in [-0.2, -0.15) is 0 Å². The highest BCUT2D eigenvalue weighted by atomic mass is 32.2. The molecule has 2 N–H and O–H groups in total. The molecule has 0 aliphatic rings. The van der Waals surface area contributed by atoms with Crippen LogP contribution in [0.25, 0.3) is 33.1 Å². The molecule has 0 spiro atoms. The highest BCUT2D eigenvalue weighted by Crippen LogP contribution is 2.31. The maximum absolute atomic E-state index is 13.5. The molecule has 0 bridgehead atoms. The third kappa shape index (κ3) is 5.02. The number of nitrogens with one attached hydrogen (secondary N) is 2. The summed E-state index contributed by atoms with van der Waals surface area (Å²) in [5, 5.41) is 0.907. The molecule has 4 aromatic rings. The summed E-state index contributed by atoms with van der Waals surface area (Å²) in [7, 11) is -3.39. The van der Waals surface area contributed by atoms with Crippen LogP contribution in [0.3, 0.4) is 0 Å². The second-order valence-corrected chi connectivity index (χ2v) is 10.6. The fraction of sp³-hybridized carbons (Fsp3) is 0.375. The first-order chi connectivity index (χ1) is 15.2. The minimum absolute atomic E-state index is 0.0123. The second kappa shape index (κ2) is 9.03. The predicted octanol–water partition coefficient (Wildman–Crippen LogP) is 5.61. The maximum atomic E-state index is 13.5. The summed E-state index contributed by atoms with van der Waals surface area (Å²) in [6, 6.07) is 10.2.